The Balaban J connectivity index is 2.06. The molecule has 1 amide bonds. The van der Waals surface area contributed by atoms with Crippen molar-refractivity contribution in [2.45, 2.75) is 37.8 Å². The average molecular weight is 297 g/mol. The van der Waals surface area contributed by atoms with Crippen molar-refractivity contribution in [3.8, 4) is 0 Å². The molecule has 0 bridgehead atoms. The molecule has 2 atom stereocenters. The summed E-state index contributed by atoms with van der Waals surface area (Å²) in [7, 11) is 0. The van der Waals surface area contributed by atoms with Crippen LogP contribution in [0.2, 0.25) is 0 Å². The molecule has 3 rings (SSSR count). The minimum Gasteiger partial charge on any atom is -0.465 e. The minimum absolute atomic E-state index is 0.133. The summed E-state index contributed by atoms with van der Waals surface area (Å²) in [5, 5.41) is 9.27. The first-order chi connectivity index (χ1) is 8.16. The van der Waals surface area contributed by atoms with E-state index in [4.69, 9.17) is 0 Å². The largest absolute Gasteiger partial charge is 0.465 e. The molecular weight excluding hydrogens is 284 g/mol. The van der Waals surface area contributed by atoms with E-state index in [-0.39, 0.29) is 6.04 Å². The van der Waals surface area contributed by atoms with Crippen LogP contribution in [-0.4, -0.2) is 27.1 Å². The molecule has 1 aliphatic heterocycles. The predicted octanol–water partition coefficient (Wildman–Crippen LogP) is 2.97. The third kappa shape index (κ3) is 1.73. The Labute approximate surface area is 108 Å². The molecule has 1 aromatic heterocycles. The van der Waals surface area contributed by atoms with Gasteiger partial charge in [0.1, 0.15) is 0 Å². The molecular formula is C12H13BrN2O2. The standard InChI is InChI=1S/C12H13BrN2O2/c13-8-4-7-6-15(12(16)17)10-3-1-2-9(10)11(7)14-5-8/h4-5,9-10H,1-3,6H2,(H,16,17)/t9-,10+/m0/s1. The summed E-state index contributed by atoms with van der Waals surface area (Å²) in [6.07, 6.45) is 4.11. The molecule has 0 aromatic carbocycles. The highest BCUT2D eigenvalue weighted by Gasteiger charge is 2.41. The molecule has 90 valence electrons. The quantitative estimate of drug-likeness (QED) is 0.801. The number of hydrogen-bond donors (Lipinski definition) is 1. The smallest absolute Gasteiger partial charge is 0.407 e. The molecule has 2 aliphatic rings. The summed E-state index contributed by atoms with van der Waals surface area (Å²) < 4.78 is 0.915. The summed E-state index contributed by atoms with van der Waals surface area (Å²) in [6, 6.07) is 2.13. The molecule has 1 N–H and O–H groups in total. The molecule has 0 radical (unpaired) electrons. The van der Waals surface area contributed by atoms with Crippen molar-refractivity contribution < 1.29 is 9.90 Å². The van der Waals surface area contributed by atoms with Crippen LogP contribution in [0.15, 0.2) is 16.7 Å². The lowest BCUT2D eigenvalue weighted by molar-refractivity contribution is 0.110. The molecule has 0 saturated heterocycles. The maximum atomic E-state index is 11.3. The van der Waals surface area contributed by atoms with Crippen molar-refractivity contribution in [1.82, 2.24) is 9.88 Å². The van der Waals surface area contributed by atoms with Gasteiger partial charge in [-0.2, -0.15) is 0 Å². The van der Waals surface area contributed by atoms with Crippen LogP contribution in [0.4, 0.5) is 4.79 Å². The maximum Gasteiger partial charge on any atom is 0.407 e. The molecule has 0 spiro atoms. The molecule has 2 heterocycles. The minimum atomic E-state index is -0.812. The molecule has 0 unspecified atom stereocenters. The highest BCUT2D eigenvalue weighted by atomic mass is 79.9. The monoisotopic (exact) mass is 296 g/mol. The first-order valence-electron chi connectivity index (χ1n) is 5.80. The van der Waals surface area contributed by atoms with Gasteiger partial charge in [0.2, 0.25) is 0 Å². The second-order valence-corrected chi connectivity index (χ2v) is 5.63. The Morgan fingerprint density at radius 2 is 2.35 bits per heavy atom. The van der Waals surface area contributed by atoms with E-state index in [1.54, 1.807) is 4.90 Å². The Hall–Kier alpha value is -1.10. The van der Waals surface area contributed by atoms with E-state index in [9.17, 15) is 9.90 Å². The van der Waals surface area contributed by atoms with Crippen molar-refractivity contribution >= 4 is 22.0 Å². The first-order valence-corrected chi connectivity index (χ1v) is 6.60. The van der Waals surface area contributed by atoms with Gasteiger partial charge in [0.05, 0.1) is 12.2 Å². The Morgan fingerprint density at radius 1 is 1.53 bits per heavy atom. The van der Waals surface area contributed by atoms with E-state index in [1.165, 1.54) is 0 Å². The van der Waals surface area contributed by atoms with Crippen LogP contribution in [-0.2, 0) is 6.54 Å². The fourth-order valence-corrected chi connectivity index (χ4v) is 3.47. The summed E-state index contributed by atoms with van der Waals surface area (Å²) in [5.41, 5.74) is 2.15. The van der Waals surface area contributed by atoms with Crippen molar-refractivity contribution in [3.63, 3.8) is 0 Å². The van der Waals surface area contributed by atoms with E-state index in [0.717, 1.165) is 35.0 Å². The Morgan fingerprint density at radius 3 is 3.12 bits per heavy atom. The van der Waals surface area contributed by atoms with Crippen LogP contribution in [0.1, 0.15) is 36.4 Å². The van der Waals surface area contributed by atoms with E-state index >= 15 is 0 Å². The summed E-state index contributed by atoms with van der Waals surface area (Å²) in [4.78, 5) is 17.4. The third-order valence-electron chi connectivity index (χ3n) is 3.79. The van der Waals surface area contributed by atoms with Gasteiger partial charge in [-0.05, 0) is 40.4 Å². The molecule has 1 aliphatic carbocycles. The number of amides is 1. The van der Waals surface area contributed by atoms with Crippen molar-refractivity contribution in [2.75, 3.05) is 0 Å². The van der Waals surface area contributed by atoms with Gasteiger partial charge in [0, 0.05) is 22.6 Å². The lowest BCUT2D eigenvalue weighted by Crippen LogP contribution is -2.44. The van der Waals surface area contributed by atoms with E-state index < -0.39 is 6.09 Å². The first kappa shape index (κ1) is 11.0. The van der Waals surface area contributed by atoms with E-state index in [1.807, 2.05) is 12.3 Å². The fourth-order valence-electron chi connectivity index (χ4n) is 3.10. The number of rotatable bonds is 0. The molecule has 4 nitrogen and oxygen atoms in total. The van der Waals surface area contributed by atoms with Crippen LogP contribution in [0.5, 0.6) is 0 Å². The van der Waals surface area contributed by atoms with Crippen molar-refractivity contribution in [3.05, 3.63) is 28.0 Å². The van der Waals surface area contributed by atoms with Gasteiger partial charge < -0.3 is 10.0 Å². The van der Waals surface area contributed by atoms with Gasteiger partial charge in [-0.3, -0.25) is 4.98 Å². The Bertz CT molecular complexity index is 478. The maximum absolute atomic E-state index is 11.3. The summed E-state index contributed by atoms with van der Waals surface area (Å²) in [6.45, 7) is 0.471. The van der Waals surface area contributed by atoms with Crippen molar-refractivity contribution in [1.29, 1.82) is 0 Å². The van der Waals surface area contributed by atoms with Gasteiger partial charge in [-0.1, -0.05) is 6.42 Å². The molecule has 5 heteroatoms. The zero-order chi connectivity index (χ0) is 12.0. The van der Waals surface area contributed by atoms with Crippen molar-refractivity contribution in [2.24, 2.45) is 0 Å². The average Bonchev–Trinajstić information content (AvgIpc) is 2.76. The highest BCUT2D eigenvalue weighted by molar-refractivity contribution is 9.10. The Kier molecular flexibility index (Phi) is 2.58. The number of carbonyl (C=O) groups is 1. The normalized spacial score (nSPS) is 26.5. The van der Waals surface area contributed by atoms with Gasteiger partial charge in [-0.25, -0.2) is 4.79 Å². The number of fused-ring (bicyclic) bond motifs is 3. The van der Waals surface area contributed by atoms with E-state index in [2.05, 4.69) is 20.9 Å². The molecule has 1 fully saturated rings. The van der Waals surface area contributed by atoms with Crippen LogP contribution in [0, 0.1) is 0 Å². The number of hydrogen-bond acceptors (Lipinski definition) is 2. The molecule has 1 aromatic rings. The number of aromatic nitrogens is 1. The SMILES string of the molecule is O=C(O)N1Cc2cc(Br)cnc2[C@H]2CCC[C@H]21. The van der Waals surface area contributed by atoms with Crippen LogP contribution in [0.3, 0.4) is 0 Å². The van der Waals surface area contributed by atoms with Crippen LogP contribution in [0.25, 0.3) is 0 Å². The number of halogens is 1. The lowest BCUT2D eigenvalue weighted by atomic mass is 9.90. The fraction of sp³-hybridized carbons (Fsp3) is 0.500. The summed E-state index contributed by atoms with van der Waals surface area (Å²) in [5.74, 6) is 0.294. The highest BCUT2D eigenvalue weighted by Crippen LogP contribution is 2.42. The van der Waals surface area contributed by atoms with Crippen LogP contribution < -0.4 is 0 Å². The predicted molar refractivity (Wildman–Crippen MR) is 65.9 cm³/mol. The zero-order valence-corrected chi connectivity index (χ0v) is 10.9. The molecule has 17 heavy (non-hydrogen) atoms. The van der Waals surface area contributed by atoms with Gasteiger partial charge in [0.15, 0.2) is 0 Å². The van der Waals surface area contributed by atoms with E-state index in [0.29, 0.717) is 12.5 Å². The summed E-state index contributed by atoms with van der Waals surface area (Å²) >= 11 is 3.39. The zero-order valence-electron chi connectivity index (χ0n) is 9.27. The number of pyridine rings is 1. The number of carboxylic acid groups (broad SMARTS) is 1. The van der Waals surface area contributed by atoms with Gasteiger partial charge >= 0.3 is 6.09 Å². The van der Waals surface area contributed by atoms with Crippen LogP contribution >= 0.6 is 15.9 Å². The molecule has 1 saturated carbocycles. The van der Waals surface area contributed by atoms with Gasteiger partial charge in [0.25, 0.3) is 0 Å². The lowest BCUT2D eigenvalue weighted by Gasteiger charge is -2.36. The topological polar surface area (TPSA) is 53.4 Å². The second kappa shape index (κ2) is 3.98. The second-order valence-electron chi connectivity index (χ2n) is 4.71. The third-order valence-corrected chi connectivity index (χ3v) is 4.22. The van der Waals surface area contributed by atoms with Gasteiger partial charge in [-0.15, -0.1) is 0 Å². The number of nitrogens with zero attached hydrogens (tertiary/aromatic N) is 2.